The second kappa shape index (κ2) is 5.13. The maximum absolute atomic E-state index is 9.27. The molecule has 0 saturated heterocycles. The molecule has 1 aliphatic carbocycles. The van der Waals surface area contributed by atoms with Gasteiger partial charge in [-0.1, -0.05) is 20.3 Å². The van der Waals surface area contributed by atoms with E-state index in [0.717, 1.165) is 18.9 Å². The third kappa shape index (κ3) is 2.96. The van der Waals surface area contributed by atoms with Crippen molar-refractivity contribution >= 4 is 0 Å². The molecule has 0 aliphatic heterocycles. The quantitative estimate of drug-likeness (QED) is 0.687. The van der Waals surface area contributed by atoms with Gasteiger partial charge in [0, 0.05) is 24.6 Å². The zero-order valence-corrected chi connectivity index (χ0v) is 9.84. The highest BCUT2D eigenvalue weighted by molar-refractivity contribution is 4.82. The first-order chi connectivity index (χ1) is 6.61. The van der Waals surface area contributed by atoms with Crippen LogP contribution < -0.4 is 5.32 Å². The molecule has 2 heteroatoms. The van der Waals surface area contributed by atoms with E-state index < -0.39 is 0 Å². The summed E-state index contributed by atoms with van der Waals surface area (Å²) < 4.78 is 0. The van der Waals surface area contributed by atoms with Gasteiger partial charge < -0.3 is 10.4 Å². The Morgan fingerprint density at radius 1 is 1.50 bits per heavy atom. The van der Waals surface area contributed by atoms with Crippen molar-refractivity contribution in [2.45, 2.75) is 52.5 Å². The van der Waals surface area contributed by atoms with Crippen molar-refractivity contribution in [3.63, 3.8) is 0 Å². The fourth-order valence-corrected chi connectivity index (χ4v) is 1.81. The standard InChI is InChI=1S/C12H25NO/c1-4-12(3,9-14)8-13-10(2)11-6-5-7-11/h10-11,13-14H,4-9H2,1-3H3. The maximum atomic E-state index is 9.27. The van der Waals surface area contributed by atoms with Gasteiger partial charge in [-0.25, -0.2) is 0 Å². The van der Waals surface area contributed by atoms with E-state index in [-0.39, 0.29) is 12.0 Å². The van der Waals surface area contributed by atoms with E-state index in [2.05, 4.69) is 26.1 Å². The van der Waals surface area contributed by atoms with Crippen molar-refractivity contribution in [1.29, 1.82) is 0 Å². The molecule has 2 nitrogen and oxygen atoms in total. The Kier molecular flexibility index (Phi) is 4.39. The van der Waals surface area contributed by atoms with E-state index in [1.165, 1.54) is 19.3 Å². The lowest BCUT2D eigenvalue weighted by atomic mass is 9.79. The van der Waals surface area contributed by atoms with Gasteiger partial charge in [-0.3, -0.25) is 0 Å². The highest BCUT2D eigenvalue weighted by Gasteiger charge is 2.26. The minimum atomic E-state index is 0.0675. The molecule has 1 rings (SSSR count). The van der Waals surface area contributed by atoms with Gasteiger partial charge in [-0.15, -0.1) is 0 Å². The summed E-state index contributed by atoms with van der Waals surface area (Å²) in [6, 6.07) is 0.626. The minimum absolute atomic E-state index is 0.0675. The van der Waals surface area contributed by atoms with Crippen LogP contribution >= 0.6 is 0 Å². The Labute approximate surface area is 88.1 Å². The van der Waals surface area contributed by atoms with Crippen LogP contribution in [-0.4, -0.2) is 24.3 Å². The number of hydrogen-bond acceptors (Lipinski definition) is 2. The largest absolute Gasteiger partial charge is 0.396 e. The molecule has 0 aromatic heterocycles. The van der Waals surface area contributed by atoms with Crippen LogP contribution in [0.25, 0.3) is 0 Å². The van der Waals surface area contributed by atoms with E-state index in [1.54, 1.807) is 0 Å². The Balaban J connectivity index is 2.23. The van der Waals surface area contributed by atoms with E-state index in [9.17, 15) is 5.11 Å². The van der Waals surface area contributed by atoms with Gasteiger partial charge in [0.2, 0.25) is 0 Å². The first-order valence-corrected chi connectivity index (χ1v) is 5.95. The molecule has 84 valence electrons. The van der Waals surface area contributed by atoms with Crippen molar-refractivity contribution < 1.29 is 5.11 Å². The molecule has 0 aromatic rings. The highest BCUT2D eigenvalue weighted by atomic mass is 16.3. The first-order valence-electron chi connectivity index (χ1n) is 5.95. The molecule has 0 radical (unpaired) electrons. The van der Waals surface area contributed by atoms with Gasteiger partial charge in [0.25, 0.3) is 0 Å². The number of hydrogen-bond donors (Lipinski definition) is 2. The molecule has 2 N–H and O–H groups in total. The van der Waals surface area contributed by atoms with Crippen LogP contribution in [0.5, 0.6) is 0 Å². The molecular formula is C12H25NO. The summed E-state index contributed by atoms with van der Waals surface area (Å²) >= 11 is 0. The fraction of sp³-hybridized carbons (Fsp3) is 1.00. The van der Waals surface area contributed by atoms with Gasteiger partial charge in [0.05, 0.1) is 0 Å². The maximum Gasteiger partial charge on any atom is 0.0496 e. The van der Waals surface area contributed by atoms with Crippen LogP contribution in [0.1, 0.15) is 46.5 Å². The molecule has 14 heavy (non-hydrogen) atoms. The summed E-state index contributed by atoms with van der Waals surface area (Å²) in [6.45, 7) is 7.79. The Hall–Kier alpha value is -0.0800. The molecule has 2 unspecified atom stereocenters. The smallest absolute Gasteiger partial charge is 0.0496 e. The lowest BCUT2D eigenvalue weighted by molar-refractivity contribution is 0.123. The van der Waals surface area contributed by atoms with Crippen molar-refractivity contribution in [3.8, 4) is 0 Å². The SMILES string of the molecule is CCC(C)(CO)CNC(C)C1CCC1. The number of nitrogens with one attached hydrogen (secondary N) is 1. The van der Waals surface area contributed by atoms with E-state index in [1.807, 2.05) is 0 Å². The fourth-order valence-electron chi connectivity index (χ4n) is 1.81. The summed E-state index contributed by atoms with van der Waals surface area (Å²) in [7, 11) is 0. The first kappa shape index (κ1) is 12.0. The van der Waals surface area contributed by atoms with Crippen molar-refractivity contribution in [3.05, 3.63) is 0 Å². The normalized spacial score (nSPS) is 24.0. The molecule has 0 amide bonds. The van der Waals surface area contributed by atoms with Crippen LogP contribution in [0, 0.1) is 11.3 Å². The van der Waals surface area contributed by atoms with Crippen LogP contribution in [0.15, 0.2) is 0 Å². The summed E-state index contributed by atoms with van der Waals surface area (Å²) in [5.74, 6) is 0.884. The lowest BCUT2D eigenvalue weighted by Gasteiger charge is -2.35. The molecule has 0 aromatic carbocycles. The average Bonchev–Trinajstić information content (AvgIpc) is 2.11. The summed E-state index contributed by atoms with van der Waals surface area (Å²) in [4.78, 5) is 0. The van der Waals surface area contributed by atoms with Crippen LogP contribution in [0.2, 0.25) is 0 Å². The zero-order valence-electron chi connectivity index (χ0n) is 9.84. The second-order valence-electron chi connectivity index (χ2n) is 5.18. The number of aliphatic hydroxyl groups excluding tert-OH is 1. The molecule has 1 fully saturated rings. The van der Waals surface area contributed by atoms with Gasteiger partial charge in [-0.2, -0.15) is 0 Å². The average molecular weight is 199 g/mol. The summed E-state index contributed by atoms with van der Waals surface area (Å²) in [6.07, 6.45) is 5.21. The van der Waals surface area contributed by atoms with E-state index in [4.69, 9.17) is 0 Å². The molecular weight excluding hydrogens is 174 g/mol. The monoisotopic (exact) mass is 199 g/mol. The Morgan fingerprint density at radius 2 is 2.14 bits per heavy atom. The zero-order chi connectivity index (χ0) is 10.6. The van der Waals surface area contributed by atoms with Gasteiger partial charge >= 0.3 is 0 Å². The van der Waals surface area contributed by atoms with Gasteiger partial charge in [0.15, 0.2) is 0 Å². The highest BCUT2D eigenvalue weighted by Crippen LogP contribution is 2.30. The second-order valence-corrected chi connectivity index (χ2v) is 5.18. The predicted octanol–water partition coefficient (Wildman–Crippen LogP) is 2.17. The lowest BCUT2D eigenvalue weighted by Crippen LogP contribution is -2.43. The third-order valence-corrected chi connectivity index (χ3v) is 3.94. The third-order valence-electron chi connectivity index (χ3n) is 3.94. The Morgan fingerprint density at radius 3 is 2.50 bits per heavy atom. The van der Waals surface area contributed by atoms with Crippen LogP contribution in [-0.2, 0) is 0 Å². The number of aliphatic hydroxyl groups is 1. The van der Waals surface area contributed by atoms with Crippen LogP contribution in [0.4, 0.5) is 0 Å². The van der Waals surface area contributed by atoms with Crippen molar-refractivity contribution in [2.75, 3.05) is 13.2 Å². The minimum Gasteiger partial charge on any atom is -0.396 e. The molecule has 0 bridgehead atoms. The molecule has 2 atom stereocenters. The molecule has 0 heterocycles. The van der Waals surface area contributed by atoms with E-state index in [0.29, 0.717) is 6.04 Å². The topological polar surface area (TPSA) is 32.3 Å². The number of rotatable bonds is 6. The van der Waals surface area contributed by atoms with E-state index >= 15 is 0 Å². The van der Waals surface area contributed by atoms with Crippen LogP contribution in [0.3, 0.4) is 0 Å². The van der Waals surface area contributed by atoms with Crippen molar-refractivity contribution in [2.24, 2.45) is 11.3 Å². The molecule has 1 saturated carbocycles. The van der Waals surface area contributed by atoms with Crippen molar-refractivity contribution in [1.82, 2.24) is 5.32 Å². The predicted molar refractivity (Wildman–Crippen MR) is 60.3 cm³/mol. The Bertz CT molecular complexity index is 162. The summed E-state index contributed by atoms with van der Waals surface area (Å²) in [5, 5.41) is 12.8. The summed E-state index contributed by atoms with van der Waals surface area (Å²) in [5.41, 5.74) is 0.0675. The van der Waals surface area contributed by atoms with Gasteiger partial charge in [-0.05, 0) is 32.1 Å². The molecule has 1 aliphatic rings. The van der Waals surface area contributed by atoms with Gasteiger partial charge in [0.1, 0.15) is 0 Å². The molecule has 0 spiro atoms.